The Morgan fingerprint density at radius 2 is 0.767 bits per heavy atom. The zero-order chi connectivity index (χ0) is 20.5. The Morgan fingerprint density at radius 1 is 0.400 bits per heavy atom. The molecule has 0 saturated heterocycles. The average Bonchev–Trinajstić information content (AvgIpc) is 2.82. The molecule has 0 aliphatic heterocycles. The number of hydrogen-bond donors (Lipinski definition) is 0. The van der Waals surface area contributed by atoms with Gasteiger partial charge in [0.1, 0.15) is 0 Å². The zero-order valence-electron chi connectivity index (χ0n) is 16.2. The molecule has 0 atom stereocenters. The van der Waals surface area contributed by atoms with E-state index in [0.29, 0.717) is 22.3 Å². The third kappa shape index (κ3) is 3.09. The van der Waals surface area contributed by atoms with E-state index in [2.05, 4.69) is 0 Å². The average molecular weight is 386 g/mol. The second-order valence-electron chi connectivity index (χ2n) is 7.29. The molecule has 0 radical (unpaired) electrons. The van der Waals surface area contributed by atoms with Crippen molar-refractivity contribution in [1.29, 1.82) is 0 Å². The van der Waals surface area contributed by atoms with Gasteiger partial charge in [-0.25, -0.2) is 0 Å². The highest BCUT2D eigenvalue weighted by Gasteiger charge is 2.15. The van der Waals surface area contributed by atoms with Crippen LogP contribution in [0.3, 0.4) is 0 Å². The first-order valence-electron chi connectivity index (χ1n) is 9.87. The van der Waals surface area contributed by atoms with Gasteiger partial charge < -0.3 is 0 Å². The molecule has 5 rings (SSSR count). The van der Waals surface area contributed by atoms with Crippen LogP contribution in [0.2, 0.25) is 0 Å². The summed E-state index contributed by atoms with van der Waals surface area (Å²) >= 11 is 0. The van der Waals surface area contributed by atoms with Crippen molar-refractivity contribution < 1.29 is 9.59 Å². The number of fused-ring (bicyclic) bond motifs is 2. The molecule has 30 heavy (non-hydrogen) atoms. The Bertz CT molecular complexity index is 1290. The Balaban J connectivity index is 1.49. The van der Waals surface area contributed by atoms with Crippen LogP contribution in [-0.2, 0) is 0 Å². The number of carbonyl (C=O) groups excluding carboxylic acids is 2. The third-order valence-corrected chi connectivity index (χ3v) is 5.48. The summed E-state index contributed by atoms with van der Waals surface area (Å²) in [6, 6.07) is 34.1. The quantitative estimate of drug-likeness (QED) is 0.332. The van der Waals surface area contributed by atoms with E-state index in [-0.39, 0.29) is 11.6 Å². The minimum Gasteiger partial charge on any atom is -0.289 e. The molecular formula is C28H18O2. The lowest BCUT2D eigenvalue weighted by Crippen LogP contribution is -2.05. The van der Waals surface area contributed by atoms with Crippen molar-refractivity contribution in [3.8, 4) is 0 Å². The summed E-state index contributed by atoms with van der Waals surface area (Å²) in [5.74, 6) is -0.0908. The van der Waals surface area contributed by atoms with Crippen LogP contribution in [0.5, 0.6) is 0 Å². The second kappa shape index (κ2) is 7.41. The summed E-state index contributed by atoms with van der Waals surface area (Å²) in [5.41, 5.74) is 2.48. The van der Waals surface area contributed by atoms with E-state index in [4.69, 9.17) is 0 Å². The van der Waals surface area contributed by atoms with E-state index in [0.717, 1.165) is 21.5 Å². The summed E-state index contributed by atoms with van der Waals surface area (Å²) < 4.78 is 0. The van der Waals surface area contributed by atoms with E-state index in [1.807, 2.05) is 84.9 Å². The zero-order valence-corrected chi connectivity index (χ0v) is 16.2. The SMILES string of the molecule is O=C(c1ccc(C(=O)c2cccc3ccccc23)cc1)c1cccc2ccccc12. The topological polar surface area (TPSA) is 34.1 Å². The van der Waals surface area contributed by atoms with Crippen LogP contribution in [-0.4, -0.2) is 11.6 Å². The molecular weight excluding hydrogens is 368 g/mol. The van der Waals surface area contributed by atoms with Crippen molar-refractivity contribution in [3.63, 3.8) is 0 Å². The lowest BCUT2D eigenvalue weighted by Gasteiger charge is -2.08. The smallest absolute Gasteiger partial charge is 0.193 e. The molecule has 0 amide bonds. The van der Waals surface area contributed by atoms with Crippen LogP contribution in [0.4, 0.5) is 0 Å². The van der Waals surface area contributed by atoms with Crippen molar-refractivity contribution >= 4 is 33.1 Å². The Hall–Kier alpha value is -4.04. The predicted molar refractivity (Wildman–Crippen MR) is 121 cm³/mol. The molecule has 5 aromatic rings. The van der Waals surface area contributed by atoms with Crippen LogP contribution in [0.15, 0.2) is 109 Å². The highest BCUT2D eigenvalue weighted by Crippen LogP contribution is 2.24. The highest BCUT2D eigenvalue weighted by atomic mass is 16.1. The fourth-order valence-corrected chi connectivity index (χ4v) is 3.93. The molecule has 0 spiro atoms. The summed E-state index contributed by atoms with van der Waals surface area (Å²) in [4.78, 5) is 26.2. The largest absolute Gasteiger partial charge is 0.289 e. The Kier molecular flexibility index (Phi) is 4.45. The van der Waals surface area contributed by atoms with Crippen LogP contribution in [0.1, 0.15) is 31.8 Å². The number of ketones is 2. The number of rotatable bonds is 4. The first-order valence-corrected chi connectivity index (χ1v) is 9.87. The van der Waals surface area contributed by atoms with E-state index in [9.17, 15) is 9.59 Å². The fraction of sp³-hybridized carbons (Fsp3) is 0. The summed E-state index contributed by atoms with van der Waals surface area (Å²) in [6.45, 7) is 0. The molecule has 2 nitrogen and oxygen atoms in total. The van der Waals surface area contributed by atoms with Crippen molar-refractivity contribution in [1.82, 2.24) is 0 Å². The molecule has 0 bridgehead atoms. The summed E-state index contributed by atoms with van der Waals surface area (Å²) in [5, 5.41) is 3.93. The maximum absolute atomic E-state index is 13.1. The van der Waals surface area contributed by atoms with E-state index in [1.54, 1.807) is 24.3 Å². The predicted octanol–water partition coefficient (Wildman–Crippen LogP) is 6.46. The maximum Gasteiger partial charge on any atom is 0.193 e. The monoisotopic (exact) mass is 386 g/mol. The molecule has 5 aromatic carbocycles. The van der Waals surface area contributed by atoms with Gasteiger partial charge in [-0.3, -0.25) is 9.59 Å². The van der Waals surface area contributed by atoms with E-state index in [1.165, 1.54) is 0 Å². The van der Waals surface area contributed by atoms with Gasteiger partial charge in [0.25, 0.3) is 0 Å². The lowest BCUT2D eigenvalue weighted by atomic mass is 9.94. The first kappa shape index (κ1) is 18.0. The molecule has 0 heterocycles. The molecule has 2 heteroatoms. The summed E-state index contributed by atoms with van der Waals surface area (Å²) in [6.07, 6.45) is 0. The van der Waals surface area contributed by atoms with Crippen molar-refractivity contribution in [3.05, 3.63) is 131 Å². The fourth-order valence-electron chi connectivity index (χ4n) is 3.93. The Labute approximate surface area is 174 Å². The third-order valence-electron chi connectivity index (χ3n) is 5.48. The number of carbonyl (C=O) groups is 2. The van der Waals surface area contributed by atoms with Crippen LogP contribution in [0.25, 0.3) is 21.5 Å². The van der Waals surface area contributed by atoms with Gasteiger partial charge in [0, 0.05) is 22.3 Å². The van der Waals surface area contributed by atoms with Crippen LogP contribution < -0.4 is 0 Å². The summed E-state index contributed by atoms with van der Waals surface area (Å²) in [7, 11) is 0. The molecule has 0 aromatic heterocycles. The normalized spacial score (nSPS) is 10.9. The van der Waals surface area contributed by atoms with Gasteiger partial charge in [0.15, 0.2) is 11.6 Å². The number of benzene rings is 5. The first-order chi connectivity index (χ1) is 14.7. The van der Waals surface area contributed by atoms with Crippen molar-refractivity contribution in [2.45, 2.75) is 0 Å². The van der Waals surface area contributed by atoms with Gasteiger partial charge in [-0.05, 0) is 21.5 Å². The van der Waals surface area contributed by atoms with Gasteiger partial charge in [-0.2, -0.15) is 0 Å². The maximum atomic E-state index is 13.1. The number of hydrogen-bond acceptors (Lipinski definition) is 2. The molecule has 0 aliphatic carbocycles. The van der Waals surface area contributed by atoms with Gasteiger partial charge in [-0.1, -0.05) is 109 Å². The minimum atomic E-state index is -0.0454. The van der Waals surface area contributed by atoms with E-state index >= 15 is 0 Å². The molecule has 0 unspecified atom stereocenters. The molecule has 142 valence electrons. The second-order valence-corrected chi connectivity index (χ2v) is 7.29. The van der Waals surface area contributed by atoms with Crippen molar-refractivity contribution in [2.75, 3.05) is 0 Å². The van der Waals surface area contributed by atoms with E-state index < -0.39 is 0 Å². The lowest BCUT2D eigenvalue weighted by molar-refractivity contribution is 0.102. The highest BCUT2D eigenvalue weighted by molar-refractivity contribution is 6.18. The van der Waals surface area contributed by atoms with Crippen LogP contribution in [0, 0.1) is 0 Å². The standard InChI is InChI=1S/C28H18O2/c29-27(25-13-5-9-19-7-1-3-11-23(19)25)21-15-17-22(18-16-21)28(30)26-14-6-10-20-8-2-4-12-24(20)26/h1-18H. The van der Waals surface area contributed by atoms with Gasteiger partial charge in [-0.15, -0.1) is 0 Å². The van der Waals surface area contributed by atoms with Gasteiger partial charge >= 0.3 is 0 Å². The van der Waals surface area contributed by atoms with Crippen molar-refractivity contribution in [2.24, 2.45) is 0 Å². The molecule has 0 aliphatic rings. The molecule has 0 fully saturated rings. The molecule has 0 saturated carbocycles. The van der Waals surface area contributed by atoms with Gasteiger partial charge in [0.05, 0.1) is 0 Å². The van der Waals surface area contributed by atoms with Gasteiger partial charge in [0.2, 0.25) is 0 Å². The van der Waals surface area contributed by atoms with Crippen LogP contribution >= 0.6 is 0 Å². The Morgan fingerprint density at radius 3 is 1.20 bits per heavy atom. The molecule has 0 N–H and O–H groups in total. The minimum absolute atomic E-state index is 0.0454.